The molecule has 0 aromatic heterocycles. The van der Waals surface area contributed by atoms with Crippen LogP contribution in [0.5, 0.6) is 0 Å². The number of Topliss-reactive ketones (excluding diaryl/α,β-unsaturated/α-hetero) is 1. The molecule has 0 heterocycles. The summed E-state index contributed by atoms with van der Waals surface area (Å²) in [6, 6.07) is 5.01. The molecule has 88 valence electrons. The van der Waals surface area contributed by atoms with Gasteiger partial charge in [0.15, 0.2) is 10.9 Å². The monoisotopic (exact) mass is 266 g/mol. The van der Waals surface area contributed by atoms with Gasteiger partial charge in [0.25, 0.3) is 0 Å². The standard InChI is InChI=1S/C13H11ClO2S/c1-9(15)12-6-5-11(13(14)8-12)4-3-7-17-10(2)16/h5-6,8H,7H2,1-2H3. The molecular formula is C13H11ClO2S. The van der Waals surface area contributed by atoms with Gasteiger partial charge in [-0.3, -0.25) is 9.59 Å². The lowest BCUT2D eigenvalue weighted by Crippen LogP contribution is -1.92. The average Bonchev–Trinajstić information content (AvgIpc) is 2.25. The summed E-state index contributed by atoms with van der Waals surface area (Å²) in [5.41, 5.74) is 1.24. The minimum Gasteiger partial charge on any atom is -0.295 e. The van der Waals surface area contributed by atoms with Crippen LogP contribution in [0.1, 0.15) is 29.8 Å². The van der Waals surface area contributed by atoms with Gasteiger partial charge >= 0.3 is 0 Å². The van der Waals surface area contributed by atoms with Gasteiger partial charge in [-0.1, -0.05) is 41.3 Å². The lowest BCUT2D eigenvalue weighted by molar-refractivity contribution is -0.109. The van der Waals surface area contributed by atoms with E-state index in [1.807, 2.05) is 0 Å². The van der Waals surface area contributed by atoms with Gasteiger partial charge in [0.2, 0.25) is 0 Å². The van der Waals surface area contributed by atoms with Gasteiger partial charge in [-0.15, -0.1) is 0 Å². The van der Waals surface area contributed by atoms with Crippen LogP contribution in [0.2, 0.25) is 5.02 Å². The number of thioether (sulfide) groups is 1. The molecule has 0 aliphatic carbocycles. The second-order valence-corrected chi connectivity index (χ2v) is 4.89. The van der Waals surface area contributed by atoms with Gasteiger partial charge in [0.05, 0.1) is 10.8 Å². The van der Waals surface area contributed by atoms with Crippen LogP contribution in [0.3, 0.4) is 0 Å². The first kappa shape index (κ1) is 13.8. The van der Waals surface area contributed by atoms with Crippen LogP contribution in [0.25, 0.3) is 0 Å². The molecule has 4 heteroatoms. The molecule has 0 fully saturated rings. The molecule has 1 rings (SSSR count). The summed E-state index contributed by atoms with van der Waals surface area (Å²) < 4.78 is 0. The van der Waals surface area contributed by atoms with Gasteiger partial charge in [-0.25, -0.2) is 0 Å². The van der Waals surface area contributed by atoms with Gasteiger partial charge < -0.3 is 0 Å². The second-order valence-electron chi connectivity index (χ2n) is 3.33. The van der Waals surface area contributed by atoms with Crippen molar-refractivity contribution in [1.82, 2.24) is 0 Å². The fourth-order valence-electron chi connectivity index (χ4n) is 1.10. The molecule has 17 heavy (non-hydrogen) atoms. The Labute approximate surface area is 110 Å². The molecule has 0 amide bonds. The van der Waals surface area contributed by atoms with Crippen molar-refractivity contribution < 1.29 is 9.59 Å². The van der Waals surface area contributed by atoms with Crippen molar-refractivity contribution in [2.75, 3.05) is 5.75 Å². The minimum absolute atomic E-state index is 0.0291. The van der Waals surface area contributed by atoms with E-state index in [0.29, 0.717) is 21.9 Å². The Balaban J connectivity index is 2.79. The maximum absolute atomic E-state index is 11.1. The first-order chi connectivity index (χ1) is 8.00. The minimum atomic E-state index is -0.0291. The molecule has 0 unspecified atom stereocenters. The van der Waals surface area contributed by atoms with E-state index in [4.69, 9.17) is 11.6 Å². The molecule has 0 bridgehead atoms. The lowest BCUT2D eigenvalue weighted by atomic mass is 10.1. The van der Waals surface area contributed by atoms with E-state index in [1.165, 1.54) is 13.8 Å². The van der Waals surface area contributed by atoms with Crippen LogP contribution in [0, 0.1) is 11.8 Å². The summed E-state index contributed by atoms with van der Waals surface area (Å²) >= 11 is 7.14. The van der Waals surface area contributed by atoms with Gasteiger partial charge in [-0.05, 0) is 19.1 Å². The van der Waals surface area contributed by atoms with Gasteiger partial charge in [0.1, 0.15) is 0 Å². The van der Waals surface area contributed by atoms with Crippen LogP contribution >= 0.6 is 23.4 Å². The van der Waals surface area contributed by atoms with Crippen LogP contribution in [-0.4, -0.2) is 16.7 Å². The highest BCUT2D eigenvalue weighted by Gasteiger charge is 2.02. The first-order valence-corrected chi connectivity index (χ1v) is 6.30. The largest absolute Gasteiger partial charge is 0.295 e. The Hall–Kier alpha value is -1.24. The van der Waals surface area contributed by atoms with Crippen molar-refractivity contribution in [3.05, 3.63) is 34.3 Å². The number of carbonyl (C=O) groups is 2. The van der Waals surface area contributed by atoms with E-state index in [9.17, 15) is 9.59 Å². The third-order valence-corrected chi connectivity index (χ3v) is 2.95. The summed E-state index contributed by atoms with van der Waals surface area (Å²) in [4.78, 5) is 21.8. The van der Waals surface area contributed by atoms with Crippen molar-refractivity contribution >= 4 is 34.3 Å². The van der Waals surface area contributed by atoms with E-state index in [-0.39, 0.29) is 10.9 Å². The number of ketones is 1. The maximum atomic E-state index is 11.1. The summed E-state index contributed by atoms with van der Waals surface area (Å²) in [7, 11) is 0. The van der Waals surface area contributed by atoms with Gasteiger partial charge in [0, 0.05) is 18.1 Å². The van der Waals surface area contributed by atoms with Crippen LogP contribution in [-0.2, 0) is 4.79 Å². The topological polar surface area (TPSA) is 34.1 Å². The zero-order chi connectivity index (χ0) is 12.8. The Morgan fingerprint density at radius 2 is 2.06 bits per heavy atom. The highest BCUT2D eigenvalue weighted by atomic mass is 35.5. The normalized spacial score (nSPS) is 9.35. The molecule has 1 aromatic rings. The summed E-state index contributed by atoms with van der Waals surface area (Å²) in [5.74, 6) is 6.13. The summed E-state index contributed by atoms with van der Waals surface area (Å²) in [6.45, 7) is 2.99. The van der Waals surface area contributed by atoms with Crippen molar-refractivity contribution in [3.63, 3.8) is 0 Å². The number of benzene rings is 1. The van der Waals surface area contributed by atoms with E-state index in [2.05, 4.69) is 11.8 Å². The number of rotatable bonds is 2. The molecule has 0 radical (unpaired) electrons. The molecule has 1 aromatic carbocycles. The molecule has 0 saturated carbocycles. The highest BCUT2D eigenvalue weighted by Crippen LogP contribution is 2.17. The van der Waals surface area contributed by atoms with Crippen molar-refractivity contribution in [2.24, 2.45) is 0 Å². The van der Waals surface area contributed by atoms with Crippen molar-refractivity contribution in [3.8, 4) is 11.8 Å². The van der Waals surface area contributed by atoms with E-state index in [0.717, 1.165) is 11.8 Å². The number of halogens is 1. The quantitative estimate of drug-likeness (QED) is 0.609. The summed E-state index contributed by atoms with van der Waals surface area (Å²) in [6.07, 6.45) is 0. The Bertz CT molecular complexity index is 512. The Morgan fingerprint density at radius 3 is 2.59 bits per heavy atom. The zero-order valence-corrected chi connectivity index (χ0v) is 11.1. The van der Waals surface area contributed by atoms with E-state index < -0.39 is 0 Å². The van der Waals surface area contributed by atoms with Crippen LogP contribution < -0.4 is 0 Å². The lowest BCUT2D eigenvalue weighted by Gasteiger charge is -1.98. The highest BCUT2D eigenvalue weighted by molar-refractivity contribution is 8.13. The fraction of sp³-hybridized carbons (Fsp3) is 0.231. The predicted octanol–water partition coefficient (Wildman–Crippen LogP) is 3.17. The third kappa shape index (κ3) is 4.64. The Morgan fingerprint density at radius 1 is 1.35 bits per heavy atom. The molecule has 0 atom stereocenters. The smallest absolute Gasteiger partial charge is 0.186 e. The van der Waals surface area contributed by atoms with Gasteiger partial charge in [-0.2, -0.15) is 0 Å². The molecule has 0 aliphatic heterocycles. The van der Waals surface area contributed by atoms with Crippen LogP contribution in [0.15, 0.2) is 18.2 Å². The molecule has 0 aliphatic rings. The predicted molar refractivity (Wildman–Crippen MR) is 71.5 cm³/mol. The molecular weight excluding hydrogens is 256 g/mol. The number of hydrogen-bond acceptors (Lipinski definition) is 3. The average molecular weight is 267 g/mol. The van der Waals surface area contributed by atoms with E-state index >= 15 is 0 Å². The molecule has 0 N–H and O–H groups in total. The third-order valence-electron chi connectivity index (χ3n) is 1.95. The SMILES string of the molecule is CC(=O)SCC#Cc1ccc(C(C)=O)cc1Cl. The Kier molecular flexibility index (Phi) is 5.27. The fourth-order valence-corrected chi connectivity index (χ4v) is 1.68. The first-order valence-electron chi connectivity index (χ1n) is 4.93. The van der Waals surface area contributed by atoms with Crippen molar-refractivity contribution in [2.45, 2.75) is 13.8 Å². The van der Waals surface area contributed by atoms with E-state index in [1.54, 1.807) is 18.2 Å². The van der Waals surface area contributed by atoms with Crippen molar-refractivity contribution in [1.29, 1.82) is 0 Å². The molecule has 0 spiro atoms. The molecule has 0 saturated heterocycles. The van der Waals surface area contributed by atoms with Crippen LogP contribution in [0.4, 0.5) is 0 Å². The zero-order valence-electron chi connectivity index (χ0n) is 9.54. The summed E-state index contributed by atoms with van der Waals surface area (Å²) in [5, 5.41) is 0.496. The number of hydrogen-bond donors (Lipinski definition) is 0. The maximum Gasteiger partial charge on any atom is 0.186 e. The second kappa shape index (κ2) is 6.48. The molecule has 2 nitrogen and oxygen atoms in total. The number of carbonyl (C=O) groups excluding carboxylic acids is 2.